The molecule has 0 unspecified atom stereocenters. The molecule has 0 N–H and O–H groups in total. The van der Waals surface area contributed by atoms with E-state index >= 15 is 0 Å². The third-order valence-electron chi connectivity index (χ3n) is 0.342. The van der Waals surface area contributed by atoms with Gasteiger partial charge in [-0.2, -0.15) is 0 Å². The van der Waals surface area contributed by atoms with Gasteiger partial charge in [0, 0.05) is 16.6 Å². The predicted octanol–water partition coefficient (Wildman–Crippen LogP) is 2.11. The van der Waals surface area contributed by atoms with Crippen LogP contribution in [0, 0.1) is 0 Å². The minimum atomic E-state index is -0.869. The predicted molar refractivity (Wildman–Crippen MR) is 32.2 cm³/mol. The van der Waals surface area contributed by atoms with Gasteiger partial charge in [0.15, 0.2) is 0 Å². The molecule has 0 spiro atoms. The zero-order valence-corrected chi connectivity index (χ0v) is 5.50. The Labute approximate surface area is 57.0 Å². The molecule has 0 saturated carbocycles. The maximum Gasteiger partial charge on any atom is 0.404 e. The molecular formula is C4H4Cl2O2. The lowest BCUT2D eigenvalue weighted by atomic mass is 10.7. The quantitative estimate of drug-likeness (QED) is 0.570. The van der Waals surface area contributed by atoms with Crippen molar-refractivity contribution in [1.82, 2.24) is 0 Å². The van der Waals surface area contributed by atoms with Crippen molar-refractivity contribution in [2.45, 2.75) is 0 Å². The molecule has 0 saturated heterocycles. The molecule has 0 aromatic carbocycles. The first-order valence-electron chi connectivity index (χ1n) is 1.78. The highest BCUT2D eigenvalue weighted by Crippen LogP contribution is 1.98. The Morgan fingerprint density at radius 2 is 2.12 bits per heavy atom. The van der Waals surface area contributed by atoms with Crippen molar-refractivity contribution in [3.8, 4) is 0 Å². The van der Waals surface area contributed by atoms with E-state index in [9.17, 15) is 4.79 Å². The first-order valence-corrected chi connectivity index (χ1v) is 2.54. The van der Waals surface area contributed by atoms with E-state index in [1.165, 1.54) is 0 Å². The normalized spacial score (nSPS) is 8.25. The van der Waals surface area contributed by atoms with Crippen molar-refractivity contribution in [1.29, 1.82) is 0 Å². The zero-order chi connectivity index (χ0) is 6.57. The molecule has 0 aliphatic rings. The number of rotatable bonds is 2. The fraction of sp³-hybridized carbons (Fsp3) is 0.250. The summed E-state index contributed by atoms with van der Waals surface area (Å²) in [5, 5.41) is 0.249. The molecular weight excluding hydrogens is 151 g/mol. The van der Waals surface area contributed by atoms with Gasteiger partial charge in [-0.3, -0.25) is 0 Å². The van der Waals surface area contributed by atoms with E-state index in [4.69, 9.17) is 23.2 Å². The first kappa shape index (κ1) is 7.79. The summed E-state index contributed by atoms with van der Waals surface area (Å²) in [5.41, 5.74) is -0.869. The van der Waals surface area contributed by atoms with Crippen LogP contribution in [0.15, 0.2) is 11.6 Å². The molecule has 0 aliphatic heterocycles. The van der Waals surface area contributed by atoms with Gasteiger partial charge < -0.3 is 4.74 Å². The van der Waals surface area contributed by atoms with Crippen LogP contribution in [0.25, 0.3) is 0 Å². The van der Waals surface area contributed by atoms with Crippen molar-refractivity contribution < 1.29 is 9.53 Å². The Bertz CT molecular complexity index is 96.6. The van der Waals surface area contributed by atoms with Gasteiger partial charge in [0.25, 0.3) is 0 Å². The van der Waals surface area contributed by atoms with Crippen LogP contribution in [0.3, 0.4) is 0 Å². The Kier molecular flexibility index (Phi) is 3.65. The zero-order valence-electron chi connectivity index (χ0n) is 3.99. The second-order valence-electron chi connectivity index (χ2n) is 1.04. The number of carbonyl (C=O) groups is 1. The Balaban J connectivity index is 3.18. The van der Waals surface area contributed by atoms with Gasteiger partial charge >= 0.3 is 5.43 Å². The highest BCUT2D eigenvalue weighted by molar-refractivity contribution is 6.61. The summed E-state index contributed by atoms with van der Waals surface area (Å²) < 4.78 is 4.20. The Hall–Kier alpha value is -0.210. The van der Waals surface area contributed by atoms with Crippen LogP contribution < -0.4 is 0 Å². The largest absolute Gasteiger partial charge is 0.448 e. The van der Waals surface area contributed by atoms with Crippen LogP contribution in [-0.2, 0) is 4.74 Å². The standard InChI is InChI=1S/C4H4Cl2O2/c1-3(5)2-8-4(6)7/h1-2H2. The molecule has 0 rings (SSSR count). The van der Waals surface area contributed by atoms with Gasteiger partial charge in [0.1, 0.15) is 6.61 Å². The molecule has 0 atom stereocenters. The van der Waals surface area contributed by atoms with Crippen LogP contribution in [0.1, 0.15) is 0 Å². The van der Waals surface area contributed by atoms with Gasteiger partial charge in [0.2, 0.25) is 0 Å². The first-order chi connectivity index (χ1) is 3.63. The summed E-state index contributed by atoms with van der Waals surface area (Å²) in [6.07, 6.45) is 0. The van der Waals surface area contributed by atoms with Gasteiger partial charge in [-0.05, 0) is 0 Å². The molecule has 0 bridgehead atoms. The number of hydrogen-bond acceptors (Lipinski definition) is 2. The monoisotopic (exact) mass is 154 g/mol. The van der Waals surface area contributed by atoms with Gasteiger partial charge in [-0.25, -0.2) is 4.79 Å². The average Bonchev–Trinajstić information content (AvgIpc) is 1.61. The van der Waals surface area contributed by atoms with E-state index in [-0.39, 0.29) is 11.6 Å². The summed E-state index contributed by atoms with van der Waals surface area (Å²) in [6.45, 7) is 3.23. The molecule has 0 aromatic rings. The highest BCUT2D eigenvalue weighted by Gasteiger charge is 1.93. The lowest BCUT2D eigenvalue weighted by Gasteiger charge is -1.93. The Morgan fingerprint density at radius 3 is 2.25 bits per heavy atom. The van der Waals surface area contributed by atoms with Crippen molar-refractivity contribution in [2.75, 3.05) is 6.61 Å². The van der Waals surface area contributed by atoms with Gasteiger partial charge in [-0.15, -0.1) is 0 Å². The smallest absolute Gasteiger partial charge is 0.404 e. The van der Waals surface area contributed by atoms with Crippen molar-refractivity contribution in [3.05, 3.63) is 11.6 Å². The van der Waals surface area contributed by atoms with E-state index in [1.54, 1.807) is 0 Å². The SMILES string of the molecule is C=C(Cl)COC(=O)Cl. The summed E-state index contributed by atoms with van der Waals surface area (Å²) >= 11 is 9.95. The third-order valence-corrected chi connectivity index (χ3v) is 0.560. The number of halogens is 2. The molecule has 0 heterocycles. The molecule has 0 aromatic heterocycles. The summed E-state index contributed by atoms with van der Waals surface area (Å²) in [5.74, 6) is 0. The molecule has 0 amide bonds. The summed E-state index contributed by atoms with van der Waals surface area (Å²) in [7, 11) is 0. The average molecular weight is 155 g/mol. The molecule has 4 heteroatoms. The number of carbonyl (C=O) groups excluding carboxylic acids is 1. The van der Waals surface area contributed by atoms with Crippen LogP contribution >= 0.6 is 23.2 Å². The lowest BCUT2D eigenvalue weighted by molar-refractivity contribution is 0.185. The summed E-state index contributed by atoms with van der Waals surface area (Å²) in [6, 6.07) is 0. The fourth-order valence-electron chi connectivity index (χ4n) is 0.135. The Morgan fingerprint density at radius 1 is 1.62 bits per heavy atom. The van der Waals surface area contributed by atoms with Crippen molar-refractivity contribution in [3.63, 3.8) is 0 Å². The minimum absolute atomic E-state index is 0.0239. The van der Waals surface area contributed by atoms with Crippen LogP contribution in [0.4, 0.5) is 4.79 Å². The third kappa shape index (κ3) is 5.79. The lowest BCUT2D eigenvalue weighted by Crippen LogP contribution is -1.94. The molecule has 46 valence electrons. The number of hydrogen-bond donors (Lipinski definition) is 0. The molecule has 0 radical (unpaired) electrons. The van der Waals surface area contributed by atoms with E-state index in [0.29, 0.717) is 0 Å². The highest BCUT2D eigenvalue weighted by atomic mass is 35.5. The van der Waals surface area contributed by atoms with E-state index in [2.05, 4.69) is 11.3 Å². The molecule has 8 heavy (non-hydrogen) atoms. The summed E-state index contributed by atoms with van der Waals surface area (Å²) in [4.78, 5) is 9.79. The van der Waals surface area contributed by atoms with Gasteiger partial charge in [0.05, 0.1) is 0 Å². The number of ether oxygens (including phenoxy) is 1. The van der Waals surface area contributed by atoms with Crippen LogP contribution in [-0.4, -0.2) is 12.0 Å². The second kappa shape index (κ2) is 3.75. The molecule has 0 fully saturated rings. The van der Waals surface area contributed by atoms with E-state index in [0.717, 1.165) is 0 Å². The molecule has 0 aliphatic carbocycles. The van der Waals surface area contributed by atoms with Crippen molar-refractivity contribution in [2.24, 2.45) is 0 Å². The molecule has 2 nitrogen and oxygen atoms in total. The van der Waals surface area contributed by atoms with E-state index in [1.807, 2.05) is 0 Å². The van der Waals surface area contributed by atoms with Crippen molar-refractivity contribution >= 4 is 28.6 Å². The van der Waals surface area contributed by atoms with Gasteiger partial charge in [-0.1, -0.05) is 18.2 Å². The van der Waals surface area contributed by atoms with Crippen LogP contribution in [0.2, 0.25) is 0 Å². The maximum absolute atomic E-state index is 9.79. The second-order valence-corrected chi connectivity index (χ2v) is 1.89. The topological polar surface area (TPSA) is 26.3 Å². The fourth-order valence-corrected chi connectivity index (χ4v) is 0.244. The maximum atomic E-state index is 9.79. The van der Waals surface area contributed by atoms with Crippen LogP contribution in [0.5, 0.6) is 0 Å². The van der Waals surface area contributed by atoms with E-state index < -0.39 is 5.43 Å². The minimum Gasteiger partial charge on any atom is -0.448 e.